The molecule has 0 aliphatic heterocycles. The van der Waals surface area contributed by atoms with Crippen LogP contribution >= 0.6 is 0 Å². The van der Waals surface area contributed by atoms with E-state index in [1.807, 2.05) is 0 Å². The lowest BCUT2D eigenvalue weighted by Crippen LogP contribution is -2.48. The van der Waals surface area contributed by atoms with Gasteiger partial charge in [0.1, 0.15) is 28.4 Å². The first-order valence-electron chi connectivity index (χ1n) is 9.84. The number of nitrogens with one attached hydrogen (secondary N) is 2. The summed E-state index contributed by atoms with van der Waals surface area (Å²) in [5.74, 6) is -1.72. The van der Waals surface area contributed by atoms with E-state index in [2.05, 4.69) is 15.6 Å². The lowest BCUT2D eigenvalue weighted by Gasteiger charge is -2.16. The first-order chi connectivity index (χ1) is 15.7. The molecule has 2 amide bonds. The van der Waals surface area contributed by atoms with E-state index in [-0.39, 0.29) is 24.0 Å². The van der Waals surface area contributed by atoms with Crippen molar-refractivity contribution in [1.29, 1.82) is 0 Å². The maximum atomic E-state index is 13.2. The summed E-state index contributed by atoms with van der Waals surface area (Å²) in [7, 11) is 0. The van der Waals surface area contributed by atoms with Crippen LogP contribution in [0, 0.1) is 0 Å². The monoisotopic (exact) mass is 461 g/mol. The largest absolute Gasteiger partial charge is 0.508 e. The third kappa shape index (κ3) is 5.08. The molecule has 172 valence electrons. The molecule has 11 heteroatoms. The molecule has 0 radical (unpaired) electrons. The Morgan fingerprint density at radius 2 is 1.97 bits per heavy atom. The molecule has 1 fully saturated rings. The first kappa shape index (κ1) is 22.2. The zero-order valence-corrected chi connectivity index (χ0v) is 17.0. The Labute approximate surface area is 185 Å². The number of aromatic nitrogens is 1. The number of halogens is 3. The average molecular weight is 461 g/mol. The Morgan fingerprint density at radius 1 is 1.18 bits per heavy atom. The fraction of sp³-hybridized carbons (Fsp3) is 0.227. The maximum Gasteiger partial charge on any atom is 0.420 e. The predicted octanol–water partition coefficient (Wildman–Crippen LogP) is 3.77. The molecule has 3 N–H and O–H groups in total. The van der Waals surface area contributed by atoms with Crippen LogP contribution in [0.15, 0.2) is 59.3 Å². The van der Waals surface area contributed by atoms with Gasteiger partial charge in [-0.3, -0.25) is 14.6 Å². The summed E-state index contributed by atoms with van der Waals surface area (Å²) in [6.07, 6.45) is -1.16. The van der Waals surface area contributed by atoms with Crippen molar-refractivity contribution < 1.29 is 37.0 Å². The number of benzene rings is 1. The molecule has 0 bridgehead atoms. The number of carbonyl (C=O) groups excluding carboxylic acids is 2. The summed E-state index contributed by atoms with van der Waals surface area (Å²) in [5, 5.41) is 14.7. The number of pyridine rings is 1. The van der Waals surface area contributed by atoms with Crippen molar-refractivity contribution in [1.82, 2.24) is 15.6 Å². The summed E-state index contributed by atoms with van der Waals surface area (Å²) in [4.78, 5) is 28.8. The van der Waals surface area contributed by atoms with E-state index >= 15 is 0 Å². The Hall–Kier alpha value is -4.02. The van der Waals surface area contributed by atoms with E-state index in [0.29, 0.717) is 24.6 Å². The Kier molecular flexibility index (Phi) is 5.71. The summed E-state index contributed by atoms with van der Waals surface area (Å²) in [6.45, 7) is 0.0461. The van der Waals surface area contributed by atoms with Crippen molar-refractivity contribution in [3.05, 3.63) is 71.9 Å². The van der Waals surface area contributed by atoms with Crippen LogP contribution in [0.3, 0.4) is 0 Å². The van der Waals surface area contributed by atoms with Crippen LogP contribution in [0.25, 0.3) is 0 Å². The summed E-state index contributed by atoms with van der Waals surface area (Å²) < 4.78 is 49.8. The average Bonchev–Trinajstić information content (AvgIpc) is 3.33. The molecule has 8 nitrogen and oxygen atoms in total. The van der Waals surface area contributed by atoms with Crippen LogP contribution < -0.4 is 15.4 Å². The molecule has 33 heavy (non-hydrogen) atoms. The number of amides is 2. The SMILES string of the molecule is O=C(NC1(C(=O)NCc2ccc(Oc3ccc(O)cc3C(F)(F)F)cn2)CC1)c1ccco1. The molecule has 4 rings (SSSR count). The van der Waals surface area contributed by atoms with Crippen LogP contribution in [0.1, 0.15) is 34.7 Å². The normalized spacial score (nSPS) is 14.4. The highest BCUT2D eigenvalue weighted by Gasteiger charge is 2.51. The predicted molar refractivity (Wildman–Crippen MR) is 107 cm³/mol. The van der Waals surface area contributed by atoms with E-state index in [1.165, 1.54) is 30.7 Å². The molecule has 0 unspecified atom stereocenters. The molecule has 0 saturated heterocycles. The number of phenolic OH excluding ortho intramolecular Hbond substituents is 1. The first-order valence-corrected chi connectivity index (χ1v) is 9.84. The lowest BCUT2D eigenvalue weighted by molar-refractivity contribution is -0.138. The number of phenols is 1. The number of furan rings is 1. The van der Waals surface area contributed by atoms with Crippen LogP contribution in [0.4, 0.5) is 13.2 Å². The number of nitrogens with zero attached hydrogens (tertiary/aromatic N) is 1. The van der Waals surface area contributed by atoms with E-state index < -0.39 is 34.7 Å². The van der Waals surface area contributed by atoms with Crippen molar-refractivity contribution in [3.63, 3.8) is 0 Å². The molecule has 0 spiro atoms. The van der Waals surface area contributed by atoms with Gasteiger partial charge in [0, 0.05) is 0 Å². The molecule has 2 aromatic heterocycles. The fourth-order valence-corrected chi connectivity index (χ4v) is 3.09. The topological polar surface area (TPSA) is 114 Å². The summed E-state index contributed by atoms with van der Waals surface area (Å²) in [5.41, 5.74) is -1.68. The highest BCUT2D eigenvalue weighted by Crippen LogP contribution is 2.40. The number of aromatic hydroxyl groups is 1. The van der Waals surface area contributed by atoms with Crippen LogP contribution in [0.5, 0.6) is 17.2 Å². The smallest absolute Gasteiger partial charge is 0.420 e. The van der Waals surface area contributed by atoms with Crippen LogP contribution in [0.2, 0.25) is 0 Å². The third-order valence-corrected chi connectivity index (χ3v) is 5.01. The number of rotatable bonds is 7. The quantitative estimate of drug-likeness (QED) is 0.494. The fourth-order valence-electron chi connectivity index (χ4n) is 3.09. The van der Waals surface area contributed by atoms with Gasteiger partial charge in [0.05, 0.1) is 24.7 Å². The van der Waals surface area contributed by atoms with Gasteiger partial charge in [-0.2, -0.15) is 13.2 Å². The van der Waals surface area contributed by atoms with Crippen molar-refractivity contribution in [2.75, 3.05) is 0 Å². The van der Waals surface area contributed by atoms with Gasteiger partial charge < -0.3 is 24.9 Å². The summed E-state index contributed by atoms with van der Waals surface area (Å²) in [6, 6.07) is 8.63. The Bertz CT molecular complexity index is 1160. The van der Waals surface area contributed by atoms with E-state index in [1.54, 1.807) is 6.07 Å². The summed E-state index contributed by atoms with van der Waals surface area (Å²) >= 11 is 0. The molecule has 1 aliphatic rings. The second-order valence-electron chi connectivity index (χ2n) is 7.46. The zero-order valence-electron chi connectivity index (χ0n) is 17.0. The lowest BCUT2D eigenvalue weighted by atomic mass is 10.2. The standard InChI is InChI=1S/C22H18F3N3O5/c23-22(24,25)16-10-14(29)4-6-17(16)33-15-5-3-13(26-12-15)11-27-20(31)21(7-8-21)28-19(30)18-2-1-9-32-18/h1-6,9-10,12,29H,7-8,11H2,(H,27,31)(H,28,30). The minimum absolute atomic E-state index is 0.0461. The highest BCUT2D eigenvalue weighted by molar-refractivity contribution is 5.99. The second-order valence-corrected chi connectivity index (χ2v) is 7.46. The molecule has 3 aromatic rings. The molecule has 1 aromatic carbocycles. The van der Waals surface area contributed by atoms with Gasteiger partial charge in [-0.1, -0.05) is 0 Å². The van der Waals surface area contributed by atoms with Crippen LogP contribution in [-0.2, 0) is 17.5 Å². The molecule has 1 saturated carbocycles. The number of ether oxygens (including phenoxy) is 1. The second kappa shape index (κ2) is 8.49. The minimum atomic E-state index is -4.71. The van der Waals surface area contributed by atoms with E-state index in [0.717, 1.165) is 12.1 Å². The number of carbonyl (C=O) groups is 2. The highest BCUT2D eigenvalue weighted by atomic mass is 19.4. The third-order valence-electron chi connectivity index (χ3n) is 5.01. The number of hydrogen-bond donors (Lipinski definition) is 3. The van der Waals surface area contributed by atoms with Gasteiger partial charge in [0.2, 0.25) is 5.91 Å². The molecular weight excluding hydrogens is 443 g/mol. The Balaban J connectivity index is 1.35. The number of alkyl halides is 3. The zero-order chi connectivity index (χ0) is 23.6. The van der Waals surface area contributed by atoms with Gasteiger partial charge in [0.15, 0.2) is 5.76 Å². The van der Waals surface area contributed by atoms with Crippen molar-refractivity contribution >= 4 is 11.8 Å². The molecule has 0 atom stereocenters. The van der Waals surface area contributed by atoms with Gasteiger partial charge in [0.25, 0.3) is 5.91 Å². The minimum Gasteiger partial charge on any atom is -0.508 e. The number of hydrogen-bond acceptors (Lipinski definition) is 6. The van der Waals surface area contributed by atoms with Gasteiger partial charge in [-0.05, 0) is 55.3 Å². The van der Waals surface area contributed by atoms with Crippen molar-refractivity contribution in [3.8, 4) is 17.2 Å². The molecule has 1 aliphatic carbocycles. The molecular formula is C22H18F3N3O5. The Morgan fingerprint density at radius 3 is 2.58 bits per heavy atom. The van der Waals surface area contributed by atoms with Crippen LogP contribution in [-0.4, -0.2) is 27.4 Å². The maximum absolute atomic E-state index is 13.2. The van der Waals surface area contributed by atoms with Gasteiger partial charge in [-0.15, -0.1) is 0 Å². The van der Waals surface area contributed by atoms with E-state index in [9.17, 15) is 27.9 Å². The molecule has 2 heterocycles. The van der Waals surface area contributed by atoms with Crippen molar-refractivity contribution in [2.24, 2.45) is 0 Å². The van der Waals surface area contributed by atoms with Crippen molar-refractivity contribution in [2.45, 2.75) is 31.1 Å². The van der Waals surface area contributed by atoms with Gasteiger partial charge >= 0.3 is 6.18 Å². The van der Waals surface area contributed by atoms with E-state index in [4.69, 9.17) is 9.15 Å². The van der Waals surface area contributed by atoms with Gasteiger partial charge in [-0.25, -0.2) is 0 Å².